The second-order valence-electron chi connectivity index (χ2n) is 2.89. The van der Waals surface area contributed by atoms with Crippen LogP contribution in [0.15, 0.2) is 5.18 Å². The van der Waals surface area contributed by atoms with Crippen molar-refractivity contribution in [3.05, 3.63) is 4.91 Å². The zero-order chi connectivity index (χ0) is 7.82. The third-order valence-electron chi connectivity index (χ3n) is 1.76. The fourth-order valence-electron chi connectivity index (χ4n) is 0.970. The molecule has 0 saturated heterocycles. The van der Waals surface area contributed by atoms with Gasteiger partial charge in [0.25, 0.3) is 0 Å². The number of unbranched alkanes of at least 4 members (excludes halogenated alkanes) is 1. The first-order valence-electron chi connectivity index (χ1n) is 4.10. The third kappa shape index (κ3) is 5.73. The molecule has 0 saturated carbocycles. The van der Waals surface area contributed by atoms with Crippen LogP contribution in [-0.4, -0.2) is 6.54 Å². The van der Waals surface area contributed by atoms with Crippen LogP contribution in [0.4, 0.5) is 0 Å². The summed E-state index contributed by atoms with van der Waals surface area (Å²) in [4.78, 5) is 9.73. The van der Waals surface area contributed by atoms with E-state index in [9.17, 15) is 4.91 Å². The fourth-order valence-corrected chi connectivity index (χ4v) is 0.970. The molecule has 0 N–H and O–H groups in total. The van der Waals surface area contributed by atoms with Gasteiger partial charge in [-0.2, -0.15) is 4.91 Å². The van der Waals surface area contributed by atoms with Crippen LogP contribution in [0.3, 0.4) is 0 Å². The maximum absolute atomic E-state index is 9.73. The quantitative estimate of drug-likeness (QED) is 0.525. The van der Waals surface area contributed by atoms with E-state index in [2.05, 4.69) is 19.0 Å². The highest BCUT2D eigenvalue weighted by Gasteiger charge is 1.99. The van der Waals surface area contributed by atoms with Crippen LogP contribution >= 0.6 is 0 Å². The smallest absolute Gasteiger partial charge is 0.0813 e. The first-order valence-corrected chi connectivity index (χ1v) is 4.10. The molecule has 0 amide bonds. The van der Waals surface area contributed by atoms with Gasteiger partial charge in [-0.25, -0.2) is 0 Å². The Balaban J connectivity index is 3.07. The maximum Gasteiger partial charge on any atom is 0.0813 e. The van der Waals surface area contributed by atoms with Gasteiger partial charge in [0, 0.05) is 0 Å². The number of hydrogen-bond acceptors (Lipinski definition) is 2. The van der Waals surface area contributed by atoms with E-state index in [1.165, 1.54) is 19.3 Å². The van der Waals surface area contributed by atoms with Gasteiger partial charge in [-0.05, 0) is 12.3 Å². The van der Waals surface area contributed by atoms with Crippen molar-refractivity contribution in [2.75, 3.05) is 6.54 Å². The lowest BCUT2D eigenvalue weighted by molar-refractivity contribution is 0.478. The molecule has 0 aromatic rings. The van der Waals surface area contributed by atoms with E-state index in [0.29, 0.717) is 12.5 Å². The monoisotopic (exact) mass is 143 g/mol. The molecule has 0 aliphatic rings. The van der Waals surface area contributed by atoms with E-state index < -0.39 is 0 Å². The first kappa shape index (κ1) is 9.60. The summed E-state index contributed by atoms with van der Waals surface area (Å²) >= 11 is 0. The molecule has 0 aromatic heterocycles. The first-order chi connectivity index (χ1) is 4.81. The highest BCUT2D eigenvalue weighted by molar-refractivity contribution is 4.54. The third-order valence-corrected chi connectivity index (χ3v) is 1.76. The summed E-state index contributed by atoms with van der Waals surface area (Å²) in [5, 5.41) is 2.83. The minimum absolute atomic E-state index is 0.491. The fraction of sp³-hybridized carbons (Fsp3) is 1.00. The van der Waals surface area contributed by atoms with E-state index in [-0.39, 0.29) is 0 Å². The standard InChI is InChI=1S/C8H17NO/c1-3-4-5-8(2)6-7-9-10/h8H,3-7H2,1-2H3/t8-/m1/s1. The Hall–Kier alpha value is -0.400. The molecule has 0 aromatic carbocycles. The summed E-state index contributed by atoms with van der Waals surface area (Å²) in [6, 6.07) is 0. The number of nitrogens with zero attached hydrogens (tertiary/aromatic N) is 1. The normalized spacial score (nSPS) is 13.0. The minimum atomic E-state index is 0.491. The van der Waals surface area contributed by atoms with Gasteiger partial charge in [-0.1, -0.05) is 38.3 Å². The van der Waals surface area contributed by atoms with E-state index in [0.717, 1.165) is 6.42 Å². The largest absolute Gasteiger partial charge is 0.151 e. The molecular weight excluding hydrogens is 126 g/mol. The molecule has 10 heavy (non-hydrogen) atoms. The molecular formula is C8H17NO. The maximum atomic E-state index is 9.73. The second kappa shape index (κ2) is 6.72. The van der Waals surface area contributed by atoms with Crippen molar-refractivity contribution in [2.24, 2.45) is 11.1 Å². The molecule has 0 aliphatic carbocycles. The van der Waals surface area contributed by atoms with Crippen LogP contribution in [0.25, 0.3) is 0 Å². The van der Waals surface area contributed by atoms with E-state index >= 15 is 0 Å². The topological polar surface area (TPSA) is 29.4 Å². The van der Waals surface area contributed by atoms with Gasteiger partial charge in [0.1, 0.15) is 0 Å². The van der Waals surface area contributed by atoms with Gasteiger partial charge in [0.2, 0.25) is 0 Å². The summed E-state index contributed by atoms with van der Waals surface area (Å²) in [6.45, 7) is 4.86. The number of nitroso groups, excluding NO2 is 1. The van der Waals surface area contributed by atoms with Crippen molar-refractivity contribution in [1.82, 2.24) is 0 Å². The van der Waals surface area contributed by atoms with Crippen molar-refractivity contribution >= 4 is 0 Å². The molecule has 0 spiro atoms. The molecule has 0 aliphatic heterocycles. The average Bonchev–Trinajstić information content (AvgIpc) is 1.97. The predicted octanol–water partition coefficient (Wildman–Crippen LogP) is 2.97. The van der Waals surface area contributed by atoms with Crippen molar-refractivity contribution in [1.29, 1.82) is 0 Å². The van der Waals surface area contributed by atoms with Crippen LogP contribution in [0, 0.1) is 10.8 Å². The minimum Gasteiger partial charge on any atom is -0.151 e. The van der Waals surface area contributed by atoms with E-state index in [1.54, 1.807) is 0 Å². The van der Waals surface area contributed by atoms with Crippen molar-refractivity contribution in [2.45, 2.75) is 39.5 Å². The van der Waals surface area contributed by atoms with Gasteiger partial charge < -0.3 is 0 Å². The molecule has 2 heteroatoms. The lowest BCUT2D eigenvalue weighted by Gasteiger charge is -2.06. The average molecular weight is 143 g/mol. The summed E-state index contributed by atoms with van der Waals surface area (Å²) in [5.41, 5.74) is 0. The van der Waals surface area contributed by atoms with Gasteiger partial charge in [0.15, 0.2) is 0 Å². The summed E-state index contributed by atoms with van der Waals surface area (Å²) in [6.07, 6.45) is 4.73. The van der Waals surface area contributed by atoms with Crippen LogP contribution in [0.5, 0.6) is 0 Å². The van der Waals surface area contributed by atoms with Gasteiger partial charge in [-0.15, -0.1) is 0 Å². The summed E-state index contributed by atoms with van der Waals surface area (Å²) in [5.74, 6) is 0.678. The Morgan fingerprint density at radius 2 is 2.10 bits per heavy atom. The Kier molecular flexibility index (Phi) is 6.45. The van der Waals surface area contributed by atoms with Crippen molar-refractivity contribution in [3.63, 3.8) is 0 Å². The zero-order valence-electron chi connectivity index (χ0n) is 6.97. The van der Waals surface area contributed by atoms with Crippen molar-refractivity contribution in [3.8, 4) is 0 Å². The SMILES string of the molecule is CCCC[C@@H](C)CCN=O. The van der Waals surface area contributed by atoms with Crippen molar-refractivity contribution < 1.29 is 0 Å². The number of rotatable bonds is 6. The van der Waals surface area contributed by atoms with Gasteiger partial charge in [-0.3, -0.25) is 0 Å². The molecule has 0 radical (unpaired) electrons. The predicted molar refractivity (Wildman–Crippen MR) is 44.0 cm³/mol. The molecule has 0 fully saturated rings. The Bertz CT molecular complexity index is 83.3. The van der Waals surface area contributed by atoms with Gasteiger partial charge >= 0.3 is 0 Å². The Morgan fingerprint density at radius 3 is 2.60 bits per heavy atom. The van der Waals surface area contributed by atoms with Crippen LogP contribution in [0.1, 0.15) is 39.5 Å². The van der Waals surface area contributed by atoms with Gasteiger partial charge in [0.05, 0.1) is 6.54 Å². The highest BCUT2D eigenvalue weighted by atomic mass is 16.3. The second-order valence-corrected chi connectivity index (χ2v) is 2.89. The zero-order valence-corrected chi connectivity index (χ0v) is 6.97. The summed E-state index contributed by atoms with van der Waals surface area (Å²) < 4.78 is 0. The summed E-state index contributed by atoms with van der Waals surface area (Å²) in [7, 11) is 0. The molecule has 0 unspecified atom stereocenters. The molecule has 2 nitrogen and oxygen atoms in total. The highest BCUT2D eigenvalue weighted by Crippen LogP contribution is 2.10. The number of hydrogen-bond donors (Lipinski definition) is 0. The molecule has 0 bridgehead atoms. The molecule has 60 valence electrons. The van der Waals surface area contributed by atoms with E-state index in [4.69, 9.17) is 0 Å². The Labute approximate surface area is 63.0 Å². The molecule has 1 atom stereocenters. The van der Waals surface area contributed by atoms with Crippen LogP contribution in [-0.2, 0) is 0 Å². The van der Waals surface area contributed by atoms with Crippen LogP contribution < -0.4 is 0 Å². The van der Waals surface area contributed by atoms with E-state index in [1.807, 2.05) is 0 Å². The Morgan fingerprint density at radius 1 is 1.40 bits per heavy atom. The lowest BCUT2D eigenvalue weighted by atomic mass is 10.0. The lowest BCUT2D eigenvalue weighted by Crippen LogP contribution is -1.96. The molecule has 0 heterocycles. The van der Waals surface area contributed by atoms with Crippen LogP contribution in [0.2, 0.25) is 0 Å². The molecule has 0 rings (SSSR count).